The lowest BCUT2D eigenvalue weighted by atomic mass is 10.2. The van der Waals surface area contributed by atoms with Crippen LogP contribution in [-0.4, -0.2) is 16.3 Å². The summed E-state index contributed by atoms with van der Waals surface area (Å²) in [5.74, 6) is 1.37. The first-order valence-corrected chi connectivity index (χ1v) is 6.57. The number of alkyl halides is 1. The fourth-order valence-electron chi connectivity index (χ4n) is 0.930. The molecule has 0 radical (unpaired) electrons. The first kappa shape index (κ1) is 9.91. The topological polar surface area (TPSA) is 0 Å². The van der Waals surface area contributed by atoms with Gasteiger partial charge in [-0.05, 0) is 30.4 Å². The lowest BCUT2D eigenvalue weighted by Crippen LogP contribution is -2.08. The van der Waals surface area contributed by atoms with Crippen LogP contribution in [0.5, 0.6) is 0 Å². The third-order valence-corrected chi connectivity index (χ3v) is 5.36. The maximum absolute atomic E-state index is 3.59. The van der Waals surface area contributed by atoms with Crippen LogP contribution in [0.15, 0.2) is 0 Å². The van der Waals surface area contributed by atoms with Crippen LogP contribution in [0.25, 0.3) is 0 Å². The monoisotopic (exact) mass is 236 g/mol. The van der Waals surface area contributed by atoms with Crippen LogP contribution in [0.3, 0.4) is 0 Å². The van der Waals surface area contributed by atoms with Crippen LogP contribution < -0.4 is 0 Å². The van der Waals surface area contributed by atoms with Crippen LogP contribution in [0.1, 0.15) is 33.1 Å². The average molecular weight is 237 g/mol. The van der Waals surface area contributed by atoms with Gasteiger partial charge in [0.2, 0.25) is 0 Å². The SMILES string of the molecule is CCC(C)SCC1(CBr)CC1. The Morgan fingerprint density at radius 1 is 1.55 bits per heavy atom. The zero-order valence-electron chi connectivity index (χ0n) is 7.40. The van der Waals surface area contributed by atoms with E-state index in [9.17, 15) is 0 Å². The van der Waals surface area contributed by atoms with Crippen molar-refractivity contribution in [1.29, 1.82) is 0 Å². The molecule has 0 aromatic heterocycles. The highest BCUT2D eigenvalue weighted by molar-refractivity contribution is 9.09. The van der Waals surface area contributed by atoms with Crippen molar-refractivity contribution in [3.8, 4) is 0 Å². The van der Waals surface area contributed by atoms with Crippen molar-refractivity contribution >= 4 is 27.7 Å². The largest absolute Gasteiger partial charge is 0.158 e. The summed E-state index contributed by atoms with van der Waals surface area (Å²) < 4.78 is 0. The Hall–Kier alpha value is 0.830. The van der Waals surface area contributed by atoms with Crippen LogP contribution >= 0.6 is 27.7 Å². The van der Waals surface area contributed by atoms with E-state index in [-0.39, 0.29) is 0 Å². The molecule has 0 N–H and O–H groups in total. The number of thioether (sulfide) groups is 1. The molecule has 0 aliphatic heterocycles. The van der Waals surface area contributed by atoms with Crippen LogP contribution in [0.4, 0.5) is 0 Å². The molecule has 2 heteroatoms. The van der Waals surface area contributed by atoms with Gasteiger partial charge in [-0.25, -0.2) is 0 Å². The Balaban J connectivity index is 2.11. The molecule has 0 aromatic rings. The van der Waals surface area contributed by atoms with Gasteiger partial charge in [-0.1, -0.05) is 29.8 Å². The number of rotatable bonds is 5. The molecule has 0 amide bonds. The number of hydrogen-bond acceptors (Lipinski definition) is 1. The Morgan fingerprint density at radius 2 is 2.18 bits per heavy atom. The summed E-state index contributed by atoms with van der Waals surface area (Å²) in [6.45, 7) is 4.60. The predicted octanol–water partition coefficient (Wildman–Crippen LogP) is 3.69. The molecule has 1 unspecified atom stereocenters. The van der Waals surface area contributed by atoms with Crippen molar-refractivity contribution in [3.63, 3.8) is 0 Å². The zero-order chi connectivity index (χ0) is 8.32. The van der Waals surface area contributed by atoms with E-state index in [2.05, 4.69) is 41.5 Å². The Bertz CT molecular complexity index is 121. The second-order valence-corrected chi connectivity index (χ2v) is 5.65. The molecule has 1 saturated carbocycles. The van der Waals surface area contributed by atoms with E-state index < -0.39 is 0 Å². The summed E-state index contributed by atoms with van der Waals surface area (Å²) in [5.41, 5.74) is 0.702. The summed E-state index contributed by atoms with van der Waals surface area (Å²) >= 11 is 5.73. The van der Waals surface area contributed by atoms with Crippen LogP contribution in [0, 0.1) is 5.41 Å². The highest BCUT2D eigenvalue weighted by atomic mass is 79.9. The highest BCUT2D eigenvalue weighted by Gasteiger charge is 2.41. The van der Waals surface area contributed by atoms with Crippen molar-refractivity contribution < 1.29 is 0 Å². The molecule has 1 fully saturated rings. The predicted molar refractivity (Wildman–Crippen MR) is 57.7 cm³/mol. The second kappa shape index (κ2) is 4.18. The summed E-state index contributed by atoms with van der Waals surface area (Å²) in [6.07, 6.45) is 4.20. The maximum Gasteiger partial charge on any atom is 0.00958 e. The summed E-state index contributed by atoms with van der Waals surface area (Å²) in [4.78, 5) is 0. The molecule has 11 heavy (non-hydrogen) atoms. The van der Waals surface area contributed by atoms with Gasteiger partial charge in [-0.2, -0.15) is 11.8 Å². The van der Waals surface area contributed by atoms with E-state index in [1.54, 1.807) is 0 Å². The van der Waals surface area contributed by atoms with E-state index in [4.69, 9.17) is 0 Å². The maximum atomic E-state index is 3.59. The van der Waals surface area contributed by atoms with Gasteiger partial charge in [-0.3, -0.25) is 0 Å². The minimum absolute atomic E-state index is 0.702. The molecule has 1 aliphatic carbocycles. The van der Waals surface area contributed by atoms with E-state index in [0.29, 0.717) is 5.41 Å². The van der Waals surface area contributed by atoms with Gasteiger partial charge in [0, 0.05) is 10.6 Å². The fourth-order valence-corrected chi connectivity index (χ4v) is 3.22. The quantitative estimate of drug-likeness (QED) is 0.657. The molecular formula is C9H17BrS. The molecule has 0 nitrogen and oxygen atoms in total. The number of halogens is 1. The first-order valence-electron chi connectivity index (χ1n) is 4.40. The molecule has 1 atom stereocenters. The van der Waals surface area contributed by atoms with Crippen LogP contribution in [-0.2, 0) is 0 Å². The van der Waals surface area contributed by atoms with E-state index in [0.717, 1.165) is 5.25 Å². The highest BCUT2D eigenvalue weighted by Crippen LogP contribution is 2.49. The lowest BCUT2D eigenvalue weighted by molar-refractivity contribution is 0.683. The molecule has 66 valence electrons. The molecular weight excluding hydrogens is 220 g/mol. The van der Waals surface area contributed by atoms with Gasteiger partial charge in [0.1, 0.15) is 0 Å². The Kier molecular flexibility index (Phi) is 3.76. The van der Waals surface area contributed by atoms with Gasteiger partial charge in [0.25, 0.3) is 0 Å². The van der Waals surface area contributed by atoms with Gasteiger partial charge in [0.05, 0.1) is 0 Å². The standard InChI is InChI=1S/C9H17BrS/c1-3-8(2)11-7-9(6-10)4-5-9/h8H,3-7H2,1-2H3. The van der Waals surface area contributed by atoms with Crippen molar-refractivity contribution in [2.45, 2.75) is 38.4 Å². The summed E-state index contributed by atoms with van der Waals surface area (Å²) in [5, 5.41) is 2.07. The van der Waals surface area contributed by atoms with Gasteiger partial charge >= 0.3 is 0 Å². The second-order valence-electron chi connectivity index (χ2n) is 3.66. The number of hydrogen-bond donors (Lipinski definition) is 0. The van der Waals surface area contributed by atoms with Crippen LogP contribution in [0.2, 0.25) is 0 Å². The van der Waals surface area contributed by atoms with E-state index >= 15 is 0 Å². The summed E-state index contributed by atoms with van der Waals surface area (Å²) in [6, 6.07) is 0. The summed E-state index contributed by atoms with van der Waals surface area (Å²) in [7, 11) is 0. The molecule has 0 saturated heterocycles. The van der Waals surface area contributed by atoms with Gasteiger partial charge in [0.15, 0.2) is 0 Å². The first-order chi connectivity index (χ1) is 5.22. The lowest BCUT2D eigenvalue weighted by Gasteiger charge is -2.13. The minimum Gasteiger partial charge on any atom is -0.158 e. The van der Waals surface area contributed by atoms with Crippen molar-refractivity contribution in [3.05, 3.63) is 0 Å². The third kappa shape index (κ3) is 2.98. The van der Waals surface area contributed by atoms with E-state index in [1.807, 2.05) is 0 Å². The Morgan fingerprint density at radius 3 is 2.55 bits per heavy atom. The molecule has 0 heterocycles. The molecule has 1 rings (SSSR count). The Labute approximate surface area is 82.6 Å². The smallest absolute Gasteiger partial charge is 0.00958 e. The molecule has 1 aliphatic rings. The normalized spacial score (nSPS) is 23.2. The van der Waals surface area contributed by atoms with E-state index in [1.165, 1.54) is 30.3 Å². The van der Waals surface area contributed by atoms with Gasteiger partial charge < -0.3 is 0 Å². The van der Waals surface area contributed by atoms with Crippen molar-refractivity contribution in [2.75, 3.05) is 11.1 Å². The average Bonchev–Trinajstić information content (AvgIpc) is 2.81. The molecule has 0 spiro atoms. The van der Waals surface area contributed by atoms with Gasteiger partial charge in [-0.15, -0.1) is 0 Å². The fraction of sp³-hybridized carbons (Fsp3) is 1.00. The van der Waals surface area contributed by atoms with Crippen molar-refractivity contribution in [2.24, 2.45) is 5.41 Å². The zero-order valence-corrected chi connectivity index (χ0v) is 9.80. The molecule has 0 bridgehead atoms. The third-order valence-electron chi connectivity index (χ3n) is 2.49. The van der Waals surface area contributed by atoms with Crippen molar-refractivity contribution in [1.82, 2.24) is 0 Å². The minimum atomic E-state index is 0.702. The molecule has 0 aromatic carbocycles.